The van der Waals surface area contributed by atoms with Gasteiger partial charge in [-0.15, -0.1) is 0 Å². The number of esters is 2. The van der Waals surface area contributed by atoms with E-state index >= 15 is 0 Å². The molecule has 0 radical (unpaired) electrons. The second-order valence-electron chi connectivity index (χ2n) is 4.99. The van der Waals surface area contributed by atoms with E-state index in [1.54, 1.807) is 0 Å². The molecule has 0 unspecified atom stereocenters. The minimum absolute atomic E-state index is 0.0478. The van der Waals surface area contributed by atoms with Crippen molar-refractivity contribution in [1.29, 1.82) is 0 Å². The number of thioether (sulfide) groups is 1. The lowest BCUT2D eigenvalue weighted by atomic mass is 10.1. The molecule has 0 saturated heterocycles. The Morgan fingerprint density at radius 3 is 2.52 bits per heavy atom. The molecule has 0 fully saturated rings. The summed E-state index contributed by atoms with van der Waals surface area (Å²) in [6.45, 7) is 0. The lowest BCUT2D eigenvalue weighted by molar-refractivity contribution is -0.113. The first kappa shape index (κ1) is 20.0. The van der Waals surface area contributed by atoms with Gasteiger partial charge in [0.2, 0.25) is 11.8 Å². The number of hydrogen-bond acceptors (Lipinski definition) is 9. The van der Waals surface area contributed by atoms with Crippen LogP contribution in [-0.4, -0.2) is 52.9 Å². The Morgan fingerprint density at radius 2 is 1.89 bits per heavy atom. The second-order valence-corrected chi connectivity index (χ2v) is 5.95. The summed E-state index contributed by atoms with van der Waals surface area (Å²) in [6.07, 6.45) is 0. The highest BCUT2D eigenvalue weighted by molar-refractivity contribution is 7.99. The van der Waals surface area contributed by atoms with Crippen LogP contribution in [0.4, 0.5) is 5.69 Å². The molecule has 2 aromatic rings. The number of methoxy groups -OCH3 is 2. The van der Waals surface area contributed by atoms with Gasteiger partial charge in [0.15, 0.2) is 5.16 Å². The number of aromatic amines is 1. The summed E-state index contributed by atoms with van der Waals surface area (Å²) in [5.41, 5.74) is -0.323. The number of hydrogen-bond donors (Lipinski definition) is 3. The Hall–Kier alpha value is -3.34. The zero-order valence-electron chi connectivity index (χ0n) is 14.3. The Bertz CT molecular complexity index is 942. The van der Waals surface area contributed by atoms with Crippen LogP contribution in [0, 0.1) is 0 Å². The highest BCUT2D eigenvalue weighted by Gasteiger charge is 2.17. The Labute approximate surface area is 156 Å². The number of aromatic nitrogens is 2. The van der Waals surface area contributed by atoms with Gasteiger partial charge >= 0.3 is 11.9 Å². The molecule has 1 aromatic carbocycles. The summed E-state index contributed by atoms with van der Waals surface area (Å²) in [6, 6.07) is 4.87. The summed E-state index contributed by atoms with van der Waals surface area (Å²) in [5.74, 6) is -2.54. The monoisotopic (exact) mass is 393 g/mol. The van der Waals surface area contributed by atoms with Crippen LogP contribution in [0.5, 0.6) is 5.88 Å². The van der Waals surface area contributed by atoms with Crippen LogP contribution >= 0.6 is 11.8 Å². The van der Waals surface area contributed by atoms with Gasteiger partial charge in [-0.2, -0.15) is 4.98 Å². The number of aromatic hydroxyl groups is 1. The average molecular weight is 393 g/mol. The SMILES string of the molecule is COC(=O)c1ccc(C(=O)OC)c(NC(=O)CSc2nc(O)cc(=O)[nH]2)c1. The van der Waals surface area contributed by atoms with Gasteiger partial charge in [0.1, 0.15) is 0 Å². The summed E-state index contributed by atoms with van der Waals surface area (Å²) in [7, 11) is 2.39. The van der Waals surface area contributed by atoms with Crippen LogP contribution < -0.4 is 10.9 Å². The van der Waals surface area contributed by atoms with Gasteiger partial charge in [-0.3, -0.25) is 9.59 Å². The van der Waals surface area contributed by atoms with Gasteiger partial charge in [-0.1, -0.05) is 11.8 Å². The van der Waals surface area contributed by atoms with Gasteiger partial charge in [0.05, 0.1) is 42.9 Å². The quantitative estimate of drug-likeness (QED) is 0.368. The van der Waals surface area contributed by atoms with Crippen LogP contribution in [0.25, 0.3) is 0 Å². The van der Waals surface area contributed by atoms with Crippen molar-refractivity contribution in [2.75, 3.05) is 25.3 Å². The molecule has 1 amide bonds. The molecule has 1 heterocycles. The van der Waals surface area contributed by atoms with Crippen molar-refractivity contribution >= 4 is 35.3 Å². The molecule has 0 bridgehead atoms. The zero-order valence-corrected chi connectivity index (χ0v) is 15.1. The highest BCUT2D eigenvalue weighted by Crippen LogP contribution is 2.21. The Balaban J connectivity index is 2.18. The van der Waals surface area contributed by atoms with E-state index in [0.717, 1.165) is 17.8 Å². The summed E-state index contributed by atoms with van der Waals surface area (Å²) >= 11 is 0.865. The molecule has 142 valence electrons. The average Bonchev–Trinajstić information content (AvgIpc) is 2.64. The largest absolute Gasteiger partial charge is 0.493 e. The van der Waals surface area contributed by atoms with Crippen LogP contribution in [0.2, 0.25) is 0 Å². The molecule has 0 aliphatic rings. The zero-order chi connectivity index (χ0) is 20.0. The van der Waals surface area contributed by atoms with Crippen LogP contribution in [-0.2, 0) is 14.3 Å². The van der Waals surface area contributed by atoms with Crippen LogP contribution in [0.15, 0.2) is 34.2 Å². The third-order valence-corrected chi connectivity index (χ3v) is 4.04. The maximum Gasteiger partial charge on any atom is 0.339 e. The van der Waals surface area contributed by atoms with Gasteiger partial charge in [-0.05, 0) is 18.2 Å². The van der Waals surface area contributed by atoms with Gasteiger partial charge in [0, 0.05) is 0 Å². The Morgan fingerprint density at radius 1 is 1.19 bits per heavy atom. The van der Waals surface area contributed by atoms with E-state index in [9.17, 15) is 24.3 Å². The summed E-state index contributed by atoms with van der Waals surface area (Å²) in [5, 5.41) is 11.8. The molecule has 0 spiro atoms. The summed E-state index contributed by atoms with van der Waals surface area (Å²) in [4.78, 5) is 53.0. The molecule has 3 N–H and O–H groups in total. The summed E-state index contributed by atoms with van der Waals surface area (Å²) < 4.78 is 9.26. The Kier molecular flexibility index (Phi) is 6.55. The van der Waals surface area contributed by atoms with E-state index in [2.05, 4.69) is 24.8 Å². The van der Waals surface area contributed by atoms with E-state index in [1.165, 1.54) is 32.4 Å². The molecule has 0 aliphatic heterocycles. The van der Waals surface area contributed by atoms with Crippen molar-refractivity contribution in [3.05, 3.63) is 45.7 Å². The van der Waals surface area contributed by atoms with E-state index in [-0.39, 0.29) is 27.7 Å². The number of carbonyl (C=O) groups is 3. The van der Waals surface area contributed by atoms with Crippen molar-refractivity contribution in [2.45, 2.75) is 5.16 Å². The van der Waals surface area contributed by atoms with Gasteiger partial charge < -0.3 is 24.9 Å². The fourth-order valence-electron chi connectivity index (χ4n) is 1.99. The van der Waals surface area contributed by atoms with Gasteiger partial charge in [0.25, 0.3) is 5.56 Å². The molecular weight excluding hydrogens is 378 g/mol. The molecule has 1 aromatic heterocycles. The lowest BCUT2D eigenvalue weighted by Gasteiger charge is -2.11. The number of anilines is 1. The number of amides is 1. The molecule has 2 rings (SSSR count). The van der Waals surface area contributed by atoms with Crippen molar-refractivity contribution in [1.82, 2.24) is 9.97 Å². The molecule has 0 atom stereocenters. The maximum atomic E-state index is 12.2. The number of nitrogens with zero attached hydrogens (tertiary/aromatic N) is 1. The fraction of sp³-hybridized carbons (Fsp3) is 0.188. The number of benzene rings is 1. The maximum absolute atomic E-state index is 12.2. The van der Waals surface area contributed by atoms with E-state index in [1.807, 2.05) is 0 Å². The minimum atomic E-state index is -0.701. The van der Waals surface area contributed by atoms with Crippen LogP contribution in [0.3, 0.4) is 0 Å². The third-order valence-electron chi connectivity index (χ3n) is 3.17. The first-order valence-electron chi connectivity index (χ1n) is 7.37. The predicted octanol–water partition coefficient (Wildman–Crippen LogP) is 0.779. The van der Waals surface area contributed by atoms with E-state index < -0.39 is 29.3 Å². The van der Waals surface area contributed by atoms with Crippen molar-refractivity contribution in [3.63, 3.8) is 0 Å². The smallest absolute Gasteiger partial charge is 0.339 e. The van der Waals surface area contributed by atoms with E-state index in [4.69, 9.17) is 0 Å². The van der Waals surface area contributed by atoms with Crippen molar-refractivity contribution in [2.24, 2.45) is 0 Å². The molecule has 27 heavy (non-hydrogen) atoms. The predicted molar refractivity (Wildman–Crippen MR) is 95.0 cm³/mol. The third kappa shape index (κ3) is 5.31. The number of carbonyl (C=O) groups excluding carboxylic acids is 3. The standard InChI is InChI=1S/C16H15N3O7S/c1-25-14(23)8-3-4-9(15(24)26-2)10(5-8)17-13(22)7-27-16-18-11(20)6-12(21)19-16/h3-6H,7H2,1-2H3,(H,17,22)(H2,18,19,20,21). The molecule has 10 nitrogen and oxygen atoms in total. The molecule has 11 heteroatoms. The first-order valence-corrected chi connectivity index (χ1v) is 8.36. The first-order chi connectivity index (χ1) is 12.8. The molecular formula is C16H15N3O7S. The lowest BCUT2D eigenvalue weighted by Crippen LogP contribution is -2.18. The number of H-pyrrole nitrogens is 1. The van der Waals surface area contributed by atoms with E-state index in [0.29, 0.717) is 0 Å². The fourth-order valence-corrected chi connectivity index (χ4v) is 2.66. The normalized spacial score (nSPS) is 10.1. The topological polar surface area (TPSA) is 148 Å². The second kappa shape index (κ2) is 8.85. The molecule has 0 aliphatic carbocycles. The number of ether oxygens (including phenoxy) is 2. The number of rotatable bonds is 6. The van der Waals surface area contributed by atoms with Gasteiger partial charge in [-0.25, -0.2) is 9.59 Å². The number of nitrogens with one attached hydrogen (secondary N) is 2. The van der Waals surface area contributed by atoms with Crippen molar-refractivity contribution in [3.8, 4) is 5.88 Å². The minimum Gasteiger partial charge on any atom is -0.493 e. The van der Waals surface area contributed by atoms with Crippen LogP contribution in [0.1, 0.15) is 20.7 Å². The molecule has 0 saturated carbocycles. The van der Waals surface area contributed by atoms with Crippen molar-refractivity contribution < 1.29 is 29.0 Å². The highest BCUT2D eigenvalue weighted by atomic mass is 32.2.